The average Bonchev–Trinajstić information content (AvgIpc) is 2.77. The van der Waals surface area contributed by atoms with Gasteiger partial charge in [-0.05, 0) is 17.7 Å². The number of carbonyl (C=O) groups is 1. The predicted molar refractivity (Wildman–Crippen MR) is 62.9 cm³/mol. The van der Waals surface area contributed by atoms with Crippen LogP contribution in [0.25, 0.3) is 10.4 Å². The standard InChI is InChI=1S/C11H5ClF3NOS/c12-7-3-1-6(2-4-7)8-5-16-10(18-8)9(17)11(13,14)15/h1-5H. The van der Waals surface area contributed by atoms with E-state index in [1.54, 1.807) is 24.3 Å². The number of carbonyl (C=O) groups excluding carboxylic acids is 1. The highest BCUT2D eigenvalue weighted by atomic mass is 35.5. The first-order valence-electron chi connectivity index (χ1n) is 4.71. The highest BCUT2D eigenvalue weighted by molar-refractivity contribution is 7.17. The summed E-state index contributed by atoms with van der Waals surface area (Å²) in [7, 11) is 0. The third kappa shape index (κ3) is 2.70. The number of rotatable bonds is 2. The van der Waals surface area contributed by atoms with Crippen LogP contribution in [0, 0.1) is 0 Å². The van der Waals surface area contributed by atoms with Crippen LogP contribution in [-0.4, -0.2) is 16.9 Å². The fraction of sp³-hybridized carbons (Fsp3) is 0.0909. The zero-order valence-corrected chi connectivity index (χ0v) is 10.2. The quantitative estimate of drug-likeness (QED) is 0.776. The van der Waals surface area contributed by atoms with Gasteiger partial charge in [0.05, 0.1) is 4.88 Å². The van der Waals surface area contributed by atoms with Gasteiger partial charge in [-0.2, -0.15) is 13.2 Å². The van der Waals surface area contributed by atoms with Gasteiger partial charge < -0.3 is 0 Å². The number of alkyl halides is 3. The van der Waals surface area contributed by atoms with Gasteiger partial charge in [0, 0.05) is 11.2 Å². The molecule has 0 aliphatic carbocycles. The Bertz CT molecular complexity index is 577. The van der Waals surface area contributed by atoms with Gasteiger partial charge in [-0.25, -0.2) is 4.98 Å². The Labute approximate surface area is 109 Å². The summed E-state index contributed by atoms with van der Waals surface area (Å²) in [5.41, 5.74) is 0.665. The Hall–Kier alpha value is -1.40. The summed E-state index contributed by atoms with van der Waals surface area (Å²) in [5.74, 6) is -1.92. The maximum absolute atomic E-state index is 12.2. The molecule has 0 fully saturated rings. The van der Waals surface area contributed by atoms with Gasteiger partial charge in [-0.1, -0.05) is 23.7 Å². The van der Waals surface area contributed by atoms with Crippen molar-refractivity contribution in [2.45, 2.75) is 6.18 Å². The maximum atomic E-state index is 12.2. The second-order valence-electron chi connectivity index (χ2n) is 3.36. The molecule has 0 bridgehead atoms. The van der Waals surface area contributed by atoms with Crippen molar-refractivity contribution in [2.24, 2.45) is 0 Å². The minimum atomic E-state index is -4.89. The van der Waals surface area contributed by atoms with Crippen molar-refractivity contribution in [2.75, 3.05) is 0 Å². The van der Waals surface area contributed by atoms with Gasteiger partial charge in [0.2, 0.25) is 0 Å². The van der Waals surface area contributed by atoms with Crippen LogP contribution in [0.4, 0.5) is 13.2 Å². The van der Waals surface area contributed by atoms with Crippen molar-refractivity contribution < 1.29 is 18.0 Å². The molecule has 0 amide bonds. The first kappa shape index (κ1) is 13.0. The molecule has 0 unspecified atom stereocenters. The first-order valence-corrected chi connectivity index (χ1v) is 5.90. The molecule has 0 saturated carbocycles. The molecule has 0 spiro atoms. The summed E-state index contributed by atoms with van der Waals surface area (Å²) < 4.78 is 36.6. The lowest BCUT2D eigenvalue weighted by molar-refractivity contribution is -0.0885. The highest BCUT2D eigenvalue weighted by Gasteiger charge is 2.41. The van der Waals surface area contributed by atoms with Crippen LogP contribution in [0.1, 0.15) is 9.80 Å². The Morgan fingerprint density at radius 3 is 2.39 bits per heavy atom. The van der Waals surface area contributed by atoms with Gasteiger partial charge in [0.15, 0.2) is 5.01 Å². The van der Waals surface area contributed by atoms with Crippen LogP contribution in [-0.2, 0) is 0 Å². The van der Waals surface area contributed by atoms with Crippen LogP contribution in [0.15, 0.2) is 30.5 Å². The van der Waals surface area contributed by atoms with Crippen LogP contribution >= 0.6 is 22.9 Å². The van der Waals surface area contributed by atoms with E-state index in [9.17, 15) is 18.0 Å². The number of hydrogen-bond donors (Lipinski definition) is 0. The minimum absolute atomic E-state index is 0.485. The number of ketones is 1. The SMILES string of the molecule is O=C(c1ncc(-c2ccc(Cl)cc2)s1)C(F)(F)F. The van der Waals surface area contributed by atoms with Crippen molar-refractivity contribution in [1.29, 1.82) is 0 Å². The molecule has 0 aliphatic rings. The molecular formula is C11H5ClF3NOS. The highest BCUT2D eigenvalue weighted by Crippen LogP contribution is 2.30. The van der Waals surface area contributed by atoms with Crippen molar-refractivity contribution in [3.8, 4) is 10.4 Å². The van der Waals surface area contributed by atoms with Gasteiger partial charge in [0.1, 0.15) is 0 Å². The smallest absolute Gasteiger partial charge is 0.281 e. The summed E-state index contributed by atoms with van der Waals surface area (Å²) in [6.07, 6.45) is -3.65. The number of thiazole rings is 1. The molecule has 0 aliphatic heterocycles. The first-order chi connectivity index (χ1) is 8.38. The number of halogens is 4. The van der Waals surface area contributed by atoms with Crippen LogP contribution in [0.3, 0.4) is 0 Å². The molecule has 94 valence electrons. The maximum Gasteiger partial charge on any atom is 0.457 e. The third-order valence-electron chi connectivity index (χ3n) is 2.09. The fourth-order valence-corrected chi connectivity index (χ4v) is 2.26. The van der Waals surface area contributed by atoms with Crippen molar-refractivity contribution >= 4 is 28.7 Å². The Morgan fingerprint density at radius 2 is 1.83 bits per heavy atom. The molecule has 0 N–H and O–H groups in total. The molecule has 18 heavy (non-hydrogen) atoms. The van der Waals surface area contributed by atoms with Gasteiger partial charge in [-0.15, -0.1) is 11.3 Å². The van der Waals surface area contributed by atoms with E-state index in [0.717, 1.165) is 0 Å². The molecular weight excluding hydrogens is 287 g/mol. The lowest BCUT2D eigenvalue weighted by atomic mass is 10.2. The van der Waals surface area contributed by atoms with Crippen molar-refractivity contribution in [1.82, 2.24) is 4.98 Å². The Kier molecular flexibility index (Phi) is 3.41. The molecule has 2 aromatic rings. The van der Waals surface area contributed by atoms with Gasteiger partial charge in [-0.3, -0.25) is 4.79 Å². The summed E-state index contributed by atoms with van der Waals surface area (Å²) in [6, 6.07) is 6.53. The van der Waals surface area contributed by atoms with Crippen LogP contribution in [0.2, 0.25) is 5.02 Å². The lowest BCUT2D eigenvalue weighted by Crippen LogP contribution is -2.22. The van der Waals surface area contributed by atoms with Gasteiger partial charge >= 0.3 is 6.18 Å². The zero-order chi connectivity index (χ0) is 13.3. The number of nitrogens with zero attached hydrogens (tertiary/aromatic N) is 1. The van der Waals surface area contributed by atoms with Crippen molar-refractivity contribution in [3.63, 3.8) is 0 Å². The molecule has 7 heteroatoms. The summed E-state index contributed by atoms with van der Waals surface area (Å²) in [5, 5.41) is -0.0395. The number of Topliss-reactive ketones (excluding diaryl/α,β-unsaturated/α-hetero) is 1. The van der Waals surface area contributed by atoms with E-state index in [2.05, 4.69) is 4.98 Å². The largest absolute Gasteiger partial charge is 0.457 e. The average molecular weight is 292 g/mol. The molecule has 2 nitrogen and oxygen atoms in total. The monoisotopic (exact) mass is 291 g/mol. The van der Waals surface area contributed by atoms with Crippen molar-refractivity contribution in [3.05, 3.63) is 40.5 Å². The predicted octanol–water partition coefficient (Wildman–Crippen LogP) is 4.21. The zero-order valence-electron chi connectivity index (χ0n) is 8.66. The van der Waals surface area contributed by atoms with E-state index in [-0.39, 0.29) is 0 Å². The second kappa shape index (κ2) is 4.70. The molecule has 0 atom stereocenters. The van der Waals surface area contributed by atoms with E-state index in [0.29, 0.717) is 26.8 Å². The fourth-order valence-electron chi connectivity index (χ4n) is 1.25. The molecule has 0 saturated heterocycles. The molecule has 1 aromatic carbocycles. The molecule has 1 aromatic heterocycles. The van der Waals surface area contributed by atoms with E-state index >= 15 is 0 Å². The second-order valence-corrected chi connectivity index (χ2v) is 4.83. The van der Waals surface area contributed by atoms with Crippen LogP contribution in [0.5, 0.6) is 0 Å². The number of benzene rings is 1. The lowest BCUT2D eigenvalue weighted by Gasteiger charge is -2.00. The van der Waals surface area contributed by atoms with E-state index in [4.69, 9.17) is 11.6 Å². The normalized spacial score (nSPS) is 11.6. The Balaban J connectivity index is 2.31. The topological polar surface area (TPSA) is 30.0 Å². The van der Waals surface area contributed by atoms with E-state index < -0.39 is 17.0 Å². The number of hydrogen-bond acceptors (Lipinski definition) is 3. The Morgan fingerprint density at radius 1 is 1.22 bits per heavy atom. The molecule has 0 radical (unpaired) electrons. The molecule has 2 rings (SSSR count). The number of aromatic nitrogens is 1. The third-order valence-corrected chi connectivity index (χ3v) is 3.38. The molecule has 1 heterocycles. The summed E-state index contributed by atoms with van der Waals surface area (Å²) in [4.78, 5) is 14.9. The van der Waals surface area contributed by atoms with Gasteiger partial charge in [0.25, 0.3) is 5.78 Å². The summed E-state index contributed by atoms with van der Waals surface area (Å²) >= 11 is 6.40. The van der Waals surface area contributed by atoms with Crippen LogP contribution < -0.4 is 0 Å². The minimum Gasteiger partial charge on any atom is -0.281 e. The van der Waals surface area contributed by atoms with E-state index in [1.807, 2.05) is 0 Å². The summed E-state index contributed by atoms with van der Waals surface area (Å²) in [6.45, 7) is 0. The van der Waals surface area contributed by atoms with E-state index in [1.165, 1.54) is 6.20 Å².